The van der Waals surface area contributed by atoms with Crippen LogP contribution in [0.5, 0.6) is 0 Å². The Morgan fingerprint density at radius 2 is 2.14 bits per heavy atom. The van der Waals surface area contributed by atoms with Crippen molar-refractivity contribution in [2.24, 2.45) is 4.99 Å². The summed E-state index contributed by atoms with van der Waals surface area (Å²) in [4.78, 5) is 35.0. The van der Waals surface area contributed by atoms with E-state index in [2.05, 4.69) is 30.9 Å². The van der Waals surface area contributed by atoms with Crippen molar-refractivity contribution in [3.05, 3.63) is 65.1 Å². The zero-order chi connectivity index (χ0) is 20.4. The summed E-state index contributed by atoms with van der Waals surface area (Å²) in [6, 6.07) is 5.98. The topological polar surface area (TPSA) is 111 Å². The van der Waals surface area contributed by atoms with Crippen LogP contribution in [0.15, 0.2) is 47.2 Å². The number of amidine groups is 1. The van der Waals surface area contributed by atoms with E-state index in [0.717, 1.165) is 12.8 Å². The van der Waals surface area contributed by atoms with E-state index in [-0.39, 0.29) is 11.5 Å². The molecule has 2 aliphatic rings. The SMILES string of the molecule is C/C=C(\N=C(\NC1CC1)c1ncc(/C=C2\NC(=O)NC2=O)[nH]1)c1cccc(F)c1. The lowest BCUT2D eigenvalue weighted by Gasteiger charge is -2.09. The molecule has 1 saturated carbocycles. The van der Waals surface area contributed by atoms with E-state index in [1.165, 1.54) is 18.2 Å². The summed E-state index contributed by atoms with van der Waals surface area (Å²) in [7, 11) is 0. The molecule has 29 heavy (non-hydrogen) atoms. The van der Waals surface area contributed by atoms with Gasteiger partial charge in [-0.15, -0.1) is 0 Å². The lowest BCUT2D eigenvalue weighted by atomic mass is 10.1. The summed E-state index contributed by atoms with van der Waals surface area (Å²) in [5, 5.41) is 7.90. The van der Waals surface area contributed by atoms with E-state index in [0.29, 0.717) is 34.7 Å². The highest BCUT2D eigenvalue weighted by Crippen LogP contribution is 2.22. The number of allylic oxidation sites excluding steroid dienone is 1. The number of imidazole rings is 1. The number of carbonyl (C=O) groups is 2. The first kappa shape index (κ1) is 18.6. The zero-order valence-corrected chi connectivity index (χ0v) is 15.6. The van der Waals surface area contributed by atoms with Crippen LogP contribution in [0.25, 0.3) is 11.8 Å². The molecule has 2 aromatic rings. The average molecular weight is 394 g/mol. The number of imide groups is 1. The number of nitrogens with one attached hydrogen (secondary N) is 4. The molecule has 148 valence electrons. The monoisotopic (exact) mass is 394 g/mol. The Morgan fingerprint density at radius 3 is 2.79 bits per heavy atom. The maximum absolute atomic E-state index is 13.6. The van der Waals surface area contributed by atoms with E-state index >= 15 is 0 Å². The minimum Gasteiger partial charge on any atom is -0.364 e. The summed E-state index contributed by atoms with van der Waals surface area (Å²) in [5.41, 5.74) is 1.92. The number of carbonyl (C=O) groups excluding carboxylic acids is 2. The van der Waals surface area contributed by atoms with Crippen LogP contribution < -0.4 is 16.0 Å². The van der Waals surface area contributed by atoms with Gasteiger partial charge in [-0.1, -0.05) is 18.2 Å². The first-order valence-electron chi connectivity index (χ1n) is 9.18. The molecular weight excluding hydrogens is 375 g/mol. The number of amides is 3. The minimum atomic E-state index is -0.563. The molecule has 0 unspecified atom stereocenters. The van der Waals surface area contributed by atoms with Crippen LogP contribution in [-0.2, 0) is 4.79 Å². The van der Waals surface area contributed by atoms with Gasteiger partial charge in [0.1, 0.15) is 11.5 Å². The van der Waals surface area contributed by atoms with Gasteiger partial charge in [-0.05, 0) is 38.0 Å². The minimum absolute atomic E-state index is 0.132. The number of aliphatic imine (C=N–C) groups is 1. The summed E-state index contributed by atoms with van der Waals surface area (Å²) >= 11 is 0. The molecule has 0 bridgehead atoms. The number of aromatic amines is 1. The van der Waals surface area contributed by atoms with Gasteiger partial charge in [0.25, 0.3) is 5.91 Å². The van der Waals surface area contributed by atoms with Gasteiger partial charge in [-0.2, -0.15) is 0 Å². The number of nitrogens with zero attached hydrogens (tertiary/aromatic N) is 2. The highest BCUT2D eigenvalue weighted by Gasteiger charge is 2.25. The molecule has 9 heteroatoms. The molecule has 1 aromatic carbocycles. The van der Waals surface area contributed by atoms with E-state index < -0.39 is 11.9 Å². The Morgan fingerprint density at radius 1 is 1.31 bits per heavy atom. The van der Waals surface area contributed by atoms with Gasteiger partial charge in [0.2, 0.25) is 0 Å². The summed E-state index contributed by atoms with van der Waals surface area (Å²) < 4.78 is 13.6. The molecule has 8 nitrogen and oxygen atoms in total. The standard InChI is InChI=1S/C20H19FN6O2/c1-2-15(11-4-3-5-12(21)8-11)25-18(23-13-6-7-13)17-22-10-14(24-17)9-16-19(28)27-20(29)26-16/h2-5,8-10,13H,6-7H2,1H3,(H,22,24)(H,23,25)(H2,26,27,28,29)/b15-2-,16-9-. The largest absolute Gasteiger partial charge is 0.364 e. The lowest BCUT2D eigenvalue weighted by molar-refractivity contribution is -0.115. The van der Waals surface area contributed by atoms with Crippen molar-refractivity contribution in [2.75, 3.05) is 0 Å². The fourth-order valence-electron chi connectivity index (χ4n) is 2.81. The maximum atomic E-state index is 13.6. The Bertz CT molecular complexity index is 1060. The first-order valence-corrected chi connectivity index (χ1v) is 9.18. The molecule has 2 heterocycles. The van der Waals surface area contributed by atoms with Crippen molar-refractivity contribution in [1.29, 1.82) is 0 Å². The second-order valence-electron chi connectivity index (χ2n) is 6.72. The van der Waals surface area contributed by atoms with Crippen LogP contribution in [0.2, 0.25) is 0 Å². The molecule has 1 saturated heterocycles. The molecule has 3 amide bonds. The highest BCUT2D eigenvalue weighted by atomic mass is 19.1. The fraction of sp³-hybridized carbons (Fsp3) is 0.200. The Labute approximate surface area is 166 Å². The smallest absolute Gasteiger partial charge is 0.326 e. The van der Waals surface area contributed by atoms with Gasteiger partial charge in [0.05, 0.1) is 17.6 Å². The number of hydrogen-bond donors (Lipinski definition) is 4. The molecule has 1 aliphatic carbocycles. The molecular formula is C20H19FN6O2. The van der Waals surface area contributed by atoms with Gasteiger partial charge < -0.3 is 15.6 Å². The summed E-state index contributed by atoms with van der Waals surface area (Å²) in [5.74, 6) is 0.162. The first-order chi connectivity index (χ1) is 14.0. The van der Waals surface area contributed by atoms with Gasteiger partial charge in [0, 0.05) is 11.6 Å². The predicted molar refractivity (Wildman–Crippen MR) is 106 cm³/mol. The van der Waals surface area contributed by atoms with Crippen LogP contribution in [0.3, 0.4) is 0 Å². The van der Waals surface area contributed by atoms with Crippen molar-refractivity contribution in [2.45, 2.75) is 25.8 Å². The van der Waals surface area contributed by atoms with Crippen LogP contribution in [0.1, 0.15) is 36.8 Å². The highest BCUT2D eigenvalue weighted by molar-refractivity contribution is 6.13. The lowest BCUT2D eigenvalue weighted by Crippen LogP contribution is -2.27. The van der Waals surface area contributed by atoms with Crippen molar-refractivity contribution in [3.63, 3.8) is 0 Å². The number of aromatic nitrogens is 2. The zero-order valence-electron chi connectivity index (χ0n) is 15.6. The number of urea groups is 1. The second kappa shape index (κ2) is 7.70. The van der Waals surface area contributed by atoms with Crippen LogP contribution >= 0.6 is 0 Å². The van der Waals surface area contributed by atoms with E-state index in [1.807, 2.05) is 6.92 Å². The third-order valence-electron chi connectivity index (χ3n) is 4.38. The maximum Gasteiger partial charge on any atom is 0.326 e. The van der Waals surface area contributed by atoms with Crippen molar-refractivity contribution in [1.82, 2.24) is 25.9 Å². The van der Waals surface area contributed by atoms with Gasteiger partial charge in [-0.3, -0.25) is 10.1 Å². The molecule has 1 aromatic heterocycles. The third-order valence-corrected chi connectivity index (χ3v) is 4.38. The van der Waals surface area contributed by atoms with Crippen LogP contribution in [0.4, 0.5) is 9.18 Å². The molecule has 0 spiro atoms. The third kappa shape index (κ3) is 4.40. The van der Waals surface area contributed by atoms with Crippen molar-refractivity contribution < 1.29 is 14.0 Å². The van der Waals surface area contributed by atoms with Gasteiger partial charge in [-0.25, -0.2) is 19.2 Å². The number of benzene rings is 1. The molecule has 0 radical (unpaired) electrons. The van der Waals surface area contributed by atoms with Gasteiger partial charge in [0.15, 0.2) is 11.7 Å². The van der Waals surface area contributed by atoms with Crippen LogP contribution in [-0.4, -0.2) is 33.8 Å². The molecule has 4 rings (SSSR count). The number of hydrogen-bond acceptors (Lipinski definition) is 4. The van der Waals surface area contributed by atoms with E-state index in [9.17, 15) is 14.0 Å². The number of H-pyrrole nitrogens is 1. The quantitative estimate of drug-likeness (QED) is 0.270. The molecule has 2 fully saturated rings. The van der Waals surface area contributed by atoms with Gasteiger partial charge >= 0.3 is 6.03 Å². The Hall–Kier alpha value is -3.75. The predicted octanol–water partition coefficient (Wildman–Crippen LogP) is 2.29. The number of rotatable bonds is 5. The van der Waals surface area contributed by atoms with Crippen molar-refractivity contribution >= 4 is 29.5 Å². The summed E-state index contributed by atoms with van der Waals surface area (Å²) in [6.07, 6.45) is 6.91. The van der Waals surface area contributed by atoms with Crippen molar-refractivity contribution in [3.8, 4) is 0 Å². The number of halogens is 1. The molecule has 4 N–H and O–H groups in total. The molecule has 1 aliphatic heterocycles. The summed E-state index contributed by atoms with van der Waals surface area (Å²) in [6.45, 7) is 1.83. The normalized spacial score (nSPS) is 18.8. The Balaban J connectivity index is 1.64. The second-order valence-corrected chi connectivity index (χ2v) is 6.72. The fourth-order valence-corrected chi connectivity index (χ4v) is 2.81. The van der Waals surface area contributed by atoms with E-state index in [4.69, 9.17) is 0 Å². The average Bonchev–Trinajstić information content (AvgIpc) is 3.29. The molecule has 0 atom stereocenters. The Kier molecular flexibility index (Phi) is 4.94. The van der Waals surface area contributed by atoms with E-state index in [1.54, 1.807) is 24.4 Å². The van der Waals surface area contributed by atoms with Crippen LogP contribution in [0, 0.1) is 5.82 Å².